The van der Waals surface area contributed by atoms with Crippen LogP contribution in [0.5, 0.6) is 0 Å². The van der Waals surface area contributed by atoms with Crippen LogP contribution in [0.3, 0.4) is 0 Å². The van der Waals surface area contributed by atoms with E-state index < -0.39 is 12.1 Å². The Kier molecular flexibility index (Phi) is 13.4. The number of cyclic esters (lactones) is 1. The van der Waals surface area contributed by atoms with Crippen LogP contribution in [0.25, 0.3) is 0 Å². The number of allylic oxidation sites excluding steroid dienone is 5. The number of hydrogen-bond acceptors (Lipinski definition) is 8. The third kappa shape index (κ3) is 11.6. The Morgan fingerprint density at radius 2 is 1.70 bits per heavy atom. The van der Waals surface area contributed by atoms with E-state index >= 15 is 0 Å². The van der Waals surface area contributed by atoms with Crippen LogP contribution >= 0.6 is 0 Å². The molecule has 8 nitrogen and oxygen atoms in total. The summed E-state index contributed by atoms with van der Waals surface area (Å²) >= 11 is 0. The number of fused-ring (bicyclic) bond motifs is 4. The first-order valence-electron chi connectivity index (χ1n) is 14.3. The van der Waals surface area contributed by atoms with Crippen LogP contribution < -0.4 is 0 Å². The van der Waals surface area contributed by atoms with Gasteiger partial charge in [-0.1, -0.05) is 47.6 Å². The fraction of sp³-hybridized carbons (Fsp3) is 0.594. The molecule has 0 aromatic heterocycles. The van der Waals surface area contributed by atoms with Crippen LogP contribution in [0.4, 0.5) is 0 Å². The number of methoxy groups -OCH3 is 2. The molecule has 0 radical (unpaired) electrons. The van der Waals surface area contributed by atoms with Gasteiger partial charge in [-0.15, -0.1) is 0 Å². The smallest absolute Gasteiger partial charge is 0.330 e. The van der Waals surface area contributed by atoms with Gasteiger partial charge in [-0.05, 0) is 57.9 Å². The van der Waals surface area contributed by atoms with Crippen molar-refractivity contribution in [3.63, 3.8) is 0 Å². The number of hydrogen-bond donors (Lipinski definition) is 0. The summed E-state index contributed by atoms with van der Waals surface area (Å²) < 4.78 is 28.1. The molecular formula is C32H44O8. The summed E-state index contributed by atoms with van der Waals surface area (Å²) in [5.41, 5.74) is 1.81. The van der Waals surface area contributed by atoms with Gasteiger partial charge in [0.25, 0.3) is 0 Å². The van der Waals surface area contributed by atoms with E-state index in [4.69, 9.17) is 18.9 Å². The van der Waals surface area contributed by atoms with Crippen LogP contribution in [0.2, 0.25) is 0 Å². The second-order valence-electron chi connectivity index (χ2n) is 10.7. The molecule has 0 N–H and O–H groups in total. The molecule has 3 heterocycles. The van der Waals surface area contributed by atoms with E-state index in [1.165, 1.54) is 20.3 Å². The zero-order chi connectivity index (χ0) is 28.7. The Balaban J connectivity index is 1.71. The van der Waals surface area contributed by atoms with Gasteiger partial charge in [-0.25, -0.2) is 4.79 Å². The third-order valence-electron chi connectivity index (χ3n) is 7.30. The molecule has 3 rings (SSSR count). The molecule has 8 heteroatoms. The lowest BCUT2D eigenvalue weighted by Crippen LogP contribution is -2.37. The Bertz CT molecular complexity index is 1000. The average Bonchev–Trinajstić information content (AvgIpc) is 2.91. The topological polar surface area (TPSA) is 97.4 Å². The molecule has 3 aliphatic rings. The summed E-state index contributed by atoms with van der Waals surface area (Å²) in [7, 11) is 2.73. The minimum Gasteiger partial charge on any atom is -0.469 e. The van der Waals surface area contributed by atoms with Gasteiger partial charge < -0.3 is 23.7 Å². The summed E-state index contributed by atoms with van der Waals surface area (Å²) in [4.78, 5) is 36.3. The van der Waals surface area contributed by atoms with Crippen molar-refractivity contribution in [1.82, 2.24) is 0 Å². The molecule has 0 aromatic carbocycles. The molecule has 4 bridgehead atoms. The Labute approximate surface area is 238 Å². The predicted octanol–water partition coefficient (Wildman–Crippen LogP) is 5.63. The number of carbonyl (C=O) groups excluding carboxylic acids is 3. The van der Waals surface area contributed by atoms with E-state index in [9.17, 15) is 14.4 Å². The lowest BCUT2D eigenvalue weighted by molar-refractivity contribution is -0.153. The highest BCUT2D eigenvalue weighted by Gasteiger charge is 2.32. The fourth-order valence-electron chi connectivity index (χ4n) is 5.33. The minimum atomic E-state index is -0.429. The van der Waals surface area contributed by atoms with Gasteiger partial charge in [0.15, 0.2) is 0 Å². The maximum Gasteiger partial charge on any atom is 0.330 e. The number of carbonyl (C=O) groups is 3. The number of ether oxygens (including phenoxy) is 5. The molecule has 2 saturated heterocycles. The molecule has 2 fully saturated rings. The molecule has 0 aliphatic carbocycles. The van der Waals surface area contributed by atoms with Crippen LogP contribution in [0.1, 0.15) is 77.6 Å². The molecule has 0 amide bonds. The normalized spacial score (nSPS) is 30.7. The zero-order valence-electron chi connectivity index (χ0n) is 24.0. The van der Waals surface area contributed by atoms with Crippen molar-refractivity contribution in [3.05, 3.63) is 59.8 Å². The molecule has 5 atom stereocenters. The van der Waals surface area contributed by atoms with Gasteiger partial charge in [0, 0.05) is 18.9 Å². The van der Waals surface area contributed by atoms with Gasteiger partial charge in [-0.3, -0.25) is 9.59 Å². The summed E-state index contributed by atoms with van der Waals surface area (Å²) in [6.07, 6.45) is 22.2. The van der Waals surface area contributed by atoms with Crippen molar-refractivity contribution < 1.29 is 38.1 Å². The van der Waals surface area contributed by atoms with Crippen molar-refractivity contribution >= 4 is 17.9 Å². The first-order chi connectivity index (χ1) is 19.3. The first-order valence-corrected chi connectivity index (χ1v) is 14.3. The highest BCUT2D eigenvalue weighted by atomic mass is 16.6. The lowest BCUT2D eigenvalue weighted by atomic mass is 9.90. The van der Waals surface area contributed by atoms with Crippen LogP contribution in [0, 0.1) is 0 Å². The number of rotatable bonds is 6. The van der Waals surface area contributed by atoms with Gasteiger partial charge in [0.05, 0.1) is 51.5 Å². The summed E-state index contributed by atoms with van der Waals surface area (Å²) in [6.45, 7) is 1.86. The van der Waals surface area contributed by atoms with Crippen LogP contribution in [-0.4, -0.2) is 62.6 Å². The van der Waals surface area contributed by atoms with Crippen molar-refractivity contribution in [3.8, 4) is 0 Å². The molecule has 0 saturated carbocycles. The largest absolute Gasteiger partial charge is 0.469 e. The average molecular weight is 557 g/mol. The van der Waals surface area contributed by atoms with E-state index in [2.05, 4.69) is 16.9 Å². The minimum absolute atomic E-state index is 0.0997. The zero-order valence-corrected chi connectivity index (χ0v) is 24.0. The highest BCUT2D eigenvalue weighted by Crippen LogP contribution is 2.33. The Hall–Kier alpha value is -2.97. The monoisotopic (exact) mass is 556 g/mol. The predicted molar refractivity (Wildman–Crippen MR) is 151 cm³/mol. The molecule has 0 aromatic rings. The van der Waals surface area contributed by atoms with E-state index in [-0.39, 0.29) is 49.2 Å². The second-order valence-corrected chi connectivity index (χ2v) is 10.7. The van der Waals surface area contributed by atoms with Crippen molar-refractivity contribution in [1.29, 1.82) is 0 Å². The first kappa shape index (κ1) is 31.6. The number of esters is 3. The fourth-order valence-corrected chi connectivity index (χ4v) is 5.33. The SMILES string of the molecule is COC(=O)/C=C1\C[C@H]2CC(=O)O[C@@H](/C=C/C=C\C=C(/C)CC(=O)OC)C/C=C\CC[C@H]3CCC[C@@H](C[C@@H](C1)O2)O3. The quantitative estimate of drug-likeness (QED) is 0.137. The third-order valence-corrected chi connectivity index (χ3v) is 7.30. The van der Waals surface area contributed by atoms with Gasteiger partial charge in [0.1, 0.15) is 6.10 Å². The second kappa shape index (κ2) is 17.0. The van der Waals surface area contributed by atoms with Gasteiger partial charge in [0.2, 0.25) is 0 Å². The van der Waals surface area contributed by atoms with E-state index in [1.54, 1.807) is 0 Å². The Morgan fingerprint density at radius 3 is 2.50 bits per heavy atom. The lowest BCUT2D eigenvalue weighted by Gasteiger charge is -2.36. The van der Waals surface area contributed by atoms with Crippen molar-refractivity contribution in [2.75, 3.05) is 14.2 Å². The summed E-state index contributed by atoms with van der Waals surface area (Å²) in [5, 5.41) is 0. The van der Waals surface area contributed by atoms with Crippen LogP contribution in [-0.2, 0) is 38.1 Å². The molecular weight excluding hydrogens is 512 g/mol. The van der Waals surface area contributed by atoms with Crippen molar-refractivity contribution in [2.45, 2.75) is 108 Å². The van der Waals surface area contributed by atoms with Crippen LogP contribution in [0.15, 0.2) is 59.8 Å². The standard InChI is InChI=1S/C32H44O8/c1-23(17-30(33)36-2)11-6-4-7-13-26-14-9-5-8-12-25-15-10-16-27(38-25)21-28-18-24(20-31(34)37-3)19-29(39-28)22-32(35)40-26/h4-7,9,11,13,20,25-29H,8,10,12,14-19,21-22H2,1-3H3/b6-4-,9-5-,13-7+,23-11+,24-20-/t25-,26-,27-,28+,29-/m0/s1. The molecule has 40 heavy (non-hydrogen) atoms. The summed E-state index contributed by atoms with van der Waals surface area (Å²) in [6, 6.07) is 0. The Morgan fingerprint density at radius 1 is 0.925 bits per heavy atom. The highest BCUT2D eigenvalue weighted by molar-refractivity contribution is 5.82. The maximum atomic E-state index is 13.0. The molecule has 0 unspecified atom stereocenters. The van der Waals surface area contributed by atoms with Crippen molar-refractivity contribution in [2.24, 2.45) is 0 Å². The van der Waals surface area contributed by atoms with Gasteiger partial charge in [-0.2, -0.15) is 0 Å². The molecule has 0 spiro atoms. The molecule has 220 valence electrons. The van der Waals surface area contributed by atoms with Gasteiger partial charge >= 0.3 is 17.9 Å². The maximum absolute atomic E-state index is 13.0. The summed E-state index contributed by atoms with van der Waals surface area (Å²) in [5.74, 6) is -1.02. The van der Waals surface area contributed by atoms with E-state index in [0.29, 0.717) is 19.3 Å². The molecule has 3 aliphatic heterocycles. The van der Waals surface area contributed by atoms with E-state index in [0.717, 1.165) is 49.7 Å². The van der Waals surface area contributed by atoms with E-state index in [1.807, 2.05) is 37.3 Å².